The third-order valence-corrected chi connectivity index (χ3v) is 5.88. The van der Waals surface area contributed by atoms with E-state index >= 15 is 0 Å². The first-order chi connectivity index (χ1) is 13.1. The first kappa shape index (κ1) is 19.8. The lowest BCUT2D eigenvalue weighted by Gasteiger charge is -2.29. The van der Waals surface area contributed by atoms with E-state index in [1.807, 2.05) is 25.1 Å². The van der Waals surface area contributed by atoms with Gasteiger partial charge in [-0.25, -0.2) is 0 Å². The number of nitrogens with one attached hydrogen (secondary N) is 1. The van der Waals surface area contributed by atoms with Crippen molar-refractivity contribution in [3.8, 4) is 0 Å². The van der Waals surface area contributed by atoms with Crippen molar-refractivity contribution >= 4 is 16.7 Å². The van der Waals surface area contributed by atoms with Crippen molar-refractivity contribution in [1.82, 2.24) is 5.32 Å². The molecule has 1 amide bonds. The summed E-state index contributed by atoms with van der Waals surface area (Å²) in [5.41, 5.74) is 7.49. The van der Waals surface area contributed by atoms with E-state index < -0.39 is 6.10 Å². The van der Waals surface area contributed by atoms with Crippen LogP contribution in [0.1, 0.15) is 57.1 Å². The lowest BCUT2D eigenvalue weighted by molar-refractivity contribution is -0.133. The van der Waals surface area contributed by atoms with Crippen LogP contribution in [0.15, 0.2) is 42.5 Å². The van der Waals surface area contributed by atoms with Crippen LogP contribution in [0.4, 0.5) is 0 Å². The van der Waals surface area contributed by atoms with Gasteiger partial charge in [-0.3, -0.25) is 4.79 Å². The maximum atomic E-state index is 12.9. The quantitative estimate of drug-likeness (QED) is 0.764. The lowest BCUT2D eigenvalue weighted by atomic mass is 9.84. The summed E-state index contributed by atoms with van der Waals surface area (Å²) in [6.45, 7) is 2.01. The van der Waals surface area contributed by atoms with Gasteiger partial charge in [0.05, 0.1) is 6.04 Å². The summed E-state index contributed by atoms with van der Waals surface area (Å²) in [6, 6.07) is 14.0. The van der Waals surface area contributed by atoms with Gasteiger partial charge in [0.15, 0.2) is 6.10 Å². The molecule has 1 aliphatic rings. The van der Waals surface area contributed by atoms with Gasteiger partial charge in [-0.2, -0.15) is 0 Å². The number of fused-ring (bicyclic) bond motifs is 1. The molecule has 0 heterocycles. The molecule has 0 aromatic heterocycles. The van der Waals surface area contributed by atoms with E-state index in [2.05, 4.69) is 29.6 Å². The molecule has 2 aromatic carbocycles. The number of hydrogen-bond acceptors (Lipinski definition) is 3. The molecule has 4 heteroatoms. The summed E-state index contributed by atoms with van der Waals surface area (Å²) in [6.07, 6.45) is 6.57. The summed E-state index contributed by atoms with van der Waals surface area (Å²) in [5, 5.41) is 5.45. The van der Waals surface area contributed by atoms with Crippen LogP contribution < -0.4 is 11.1 Å². The molecule has 3 N–H and O–H groups in total. The maximum Gasteiger partial charge on any atom is 0.251 e. The number of ether oxygens (including phenoxy) is 1. The molecule has 1 fully saturated rings. The van der Waals surface area contributed by atoms with Gasteiger partial charge in [0.25, 0.3) is 5.91 Å². The number of rotatable bonds is 7. The highest BCUT2D eigenvalue weighted by molar-refractivity contribution is 5.87. The molecule has 0 bridgehead atoms. The minimum Gasteiger partial charge on any atom is -0.370 e. The summed E-state index contributed by atoms with van der Waals surface area (Å²) in [5.74, 6) is 0.496. The van der Waals surface area contributed by atoms with Gasteiger partial charge < -0.3 is 15.8 Å². The van der Waals surface area contributed by atoms with Crippen molar-refractivity contribution in [2.75, 3.05) is 7.11 Å². The van der Waals surface area contributed by atoms with Gasteiger partial charge in [0, 0.05) is 13.2 Å². The number of carbonyl (C=O) groups is 1. The second kappa shape index (κ2) is 9.34. The van der Waals surface area contributed by atoms with Gasteiger partial charge in [0.2, 0.25) is 0 Å². The minimum absolute atomic E-state index is 0.108. The molecule has 2 aromatic rings. The molecule has 1 saturated carbocycles. The fourth-order valence-corrected chi connectivity index (χ4v) is 4.41. The van der Waals surface area contributed by atoms with Gasteiger partial charge in [-0.15, -0.1) is 0 Å². The van der Waals surface area contributed by atoms with Crippen LogP contribution in [0.25, 0.3) is 10.8 Å². The van der Waals surface area contributed by atoms with Gasteiger partial charge in [-0.05, 0) is 35.6 Å². The average molecular weight is 369 g/mol. The van der Waals surface area contributed by atoms with E-state index in [0.29, 0.717) is 5.92 Å². The molecule has 4 nitrogen and oxygen atoms in total. The molecule has 3 atom stereocenters. The SMILES string of the molecule is COC(C(=O)NC(C)c1cccc2ccccc12)C(N)CC1CCCCC1. The normalized spacial score (nSPS) is 18.8. The largest absolute Gasteiger partial charge is 0.370 e. The molecule has 0 aliphatic heterocycles. The summed E-state index contributed by atoms with van der Waals surface area (Å²) >= 11 is 0. The van der Waals surface area contributed by atoms with Crippen LogP contribution in [-0.2, 0) is 9.53 Å². The smallest absolute Gasteiger partial charge is 0.251 e. The number of hydrogen-bond donors (Lipinski definition) is 2. The number of carbonyl (C=O) groups excluding carboxylic acids is 1. The van der Waals surface area contributed by atoms with Crippen molar-refractivity contribution in [1.29, 1.82) is 0 Å². The second-order valence-corrected chi connectivity index (χ2v) is 7.86. The van der Waals surface area contributed by atoms with E-state index in [-0.39, 0.29) is 18.0 Å². The first-order valence-corrected chi connectivity index (χ1v) is 10.2. The first-order valence-electron chi connectivity index (χ1n) is 10.2. The van der Waals surface area contributed by atoms with Crippen LogP contribution in [0.3, 0.4) is 0 Å². The van der Waals surface area contributed by atoms with Crippen LogP contribution >= 0.6 is 0 Å². The number of amides is 1. The van der Waals surface area contributed by atoms with Crippen molar-refractivity contribution < 1.29 is 9.53 Å². The standard InChI is InChI=1S/C23H32N2O2/c1-16(19-14-8-12-18-11-6-7-13-20(18)19)25-23(26)22(27-2)21(24)15-17-9-4-3-5-10-17/h6-8,11-14,16-17,21-22H,3-5,9-10,15,24H2,1-2H3,(H,25,26). The molecule has 3 unspecified atom stereocenters. The zero-order valence-electron chi connectivity index (χ0n) is 16.5. The maximum absolute atomic E-state index is 12.9. The number of benzene rings is 2. The Labute approximate surface area is 162 Å². The number of methoxy groups -OCH3 is 1. The van der Waals surface area contributed by atoms with E-state index in [0.717, 1.165) is 17.4 Å². The molecule has 0 spiro atoms. The fraction of sp³-hybridized carbons (Fsp3) is 0.522. The molecule has 146 valence electrons. The molecule has 0 radical (unpaired) electrons. The third-order valence-electron chi connectivity index (χ3n) is 5.88. The Morgan fingerprint density at radius 1 is 1.15 bits per heavy atom. The monoisotopic (exact) mass is 368 g/mol. The fourth-order valence-electron chi connectivity index (χ4n) is 4.41. The third kappa shape index (κ3) is 4.88. The molecule has 1 aliphatic carbocycles. The van der Waals surface area contributed by atoms with Crippen LogP contribution in [-0.4, -0.2) is 25.2 Å². The predicted molar refractivity (Wildman–Crippen MR) is 110 cm³/mol. The van der Waals surface area contributed by atoms with Crippen molar-refractivity contribution in [2.24, 2.45) is 11.7 Å². The van der Waals surface area contributed by atoms with Crippen LogP contribution in [0.2, 0.25) is 0 Å². The molecular formula is C23H32N2O2. The van der Waals surface area contributed by atoms with E-state index in [4.69, 9.17) is 10.5 Å². The Morgan fingerprint density at radius 3 is 2.59 bits per heavy atom. The minimum atomic E-state index is -0.607. The average Bonchev–Trinajstić information content (AvgIpc) is 2.68. The molecule has 3 rings (SSSR count). The lowest BCUT2D eigenvalue weighted by Crippen LogP contribution is -2.48. The predicted octanol–water partition coefficient (Wildman–Crippen LogP) is 4.33. The summed E-state index contributed by atoms with van der Waals surface area (Å²) in [7, 11) is 1.58. The Hall–Kier alpha value is -1.91. The zero-order chi connectivity index (χ0) is 19.2. The van der Waals surface area contributed by atoms with E-state index in [9.17, 15) is 4.79 Å². The van der Waals surface area contributed by atoms with Gasteiger partial charge in [0.1, 0.15) is 0 Å². The highest BCUT2D eigenvalue weighted by Gasteiger charge is 2.29. The van der Waals surface area contributed by atoms with Gasteiger partial charge in [-0.1, -0.05) is 74.6 Å². The van der Waals surface area contributed by atoms with Crippen molar-refractivity contribution in [2.45, 2.75) is 63.6 Å². The Bertz CT molecular complexity index is 750. The molecular weight excluding hydrogens is 336 g/mol. The van der Waals surface area contributed by atoms with Crippen LogP contribution in [0.5, 0.6) is 0 Å². The second-order valence-electron chi connectivity index (χ2n) is 7.86. The van der Waals surface area contributed by atoms with Crippen LogP contribution in [0, 0.1) is 5.92 Å². The van der Waals surface area contributed by atoms with E-state index in [1.165, 1.54) is 37.5 Å². The van der Waals surface area contributed by atoms with Gasteiger partial charge >= 0.3 is 0 Å². The molecule has 0 saturated heterocycles. The highest BCUT2D eigenvalue weighted by Crippen LogP contribution is 2.28. The topological polar surface area (TPSA) is 64.3 Å². The summed E-state index contributed by atoms with van der Waals surface area (Å²) < 4.78 is 5.50. The Morgan fingerprint density at radius 2 is 1.85 bits per heavy atom. The number of nitrogens with two attached hydrogens (primary N) is 1. The molecule has 27 heavy (non-hydrogen) atoms. The van der Waals surface area contributed by atoms with Crippen molar-refractivity contribution in [3.63, 3.8) is 0 Å². The zero-order valence-corrected chi connectivity index (χ0v) is 16.5. The Kier molecular flexibility index (Phi) is 6.86. The Balaban J connectivity index is 1.66. The van der Waals surface area contributed by atoms with Crippen molar-refractivity contribution in [3.05, 3.63) is 48.0 Å². The highest BCUT2D eigenvalue weighted by atomic mass is 16.5. The van der Waals surface area contributed by atoms with E-state index in [1.54, 1.807) is 7.11 Å². The summed E-state index contributed by atoms with van der Waals surface area (Å²) in [4.78, 5) is 12.9.